The number of likely N-dealkylation sites (N-methyl/N-ethyl adjacent to an activating group) is 3. The lowest BCUT2D eigenvalue weighted by atomic mass is 10.1. The Balaban J connectivity index is -0.0000000674. The van der Waals surface area contributed by atoms with E-state index < -0.39 is 0 Å². The van der Waals surface area contributed by atoms with Crippen LogP contribution in [0.1, 0.15) is 97.8 Å². The van der Waals surface area contributed by atoms with Crippen molar-refractivity contribution in [2.75, 3.05) is 28.2 Å². The molecule has 0 heterocycles. The van der Waals surface area contributed by atoms with Gasteiger partial charge in [0.2, 0.25) is 17.7 Å². The zero-order valence-electron chi connectivity index (χ0n) is 24.0. The summed E-state index contributed by atoms with van der Waals surface area (Å²) in [6, 6.07) is -0.727. The minimum absolute atomic E-state index is 0. The summed E-state index contributed by atoms with van der Waals surface area (Å²) in [7, 11) is 4.97. The zero-order chi connectivity index (χ0) is 30.1. The molecular formula is C29H67N7O6. The van der Waals surface area contributed by atoms with Crippen LogP contribution in [0.4, 0.5) is 0 Å². The number of nitrogens with two attached hydrogens (primary N) is 1. The first-order valence-electron chi connectivity index (χ1n) is 12.5. The highest BCUT2D eigenvalue weighted by atomic mass is 16.2. The molecule has 0 saturated heterocycles. The summed E-state index contributed by atoms with van der Waals surface area (Å²) < 4.78 is 6.73. The van der Waals surface area contributed by atoms with Gasteiger partial charge in [-0.3, -0.25) is 34.2 Å². The Kier molecular flexibility index (Phi) is 49.8. The maximum absolute atomic E-state index is 11.0. The third-order valence-electron chi connectivity index (χ3n) is 5.12. The van der Waals surface area contributed by atoms with Gasteiger partial charge in [-0.15, -0.1) is 0 Å². The molecule has 13 nitrogen and oxygen atoms in total. The van der Waals surface area contributed by atoms with Crippen LogP contribution >= 0.6 is 0 Å². The second kappa shape index (κ2) is 38.0. The van der Waals surface area contributed by atoms with Crippen molar-refractivity contribution in [1.82, 2.24) is 32.0 Å². The van der Waals surface area contributed by atoms with Crippen LogP contribution in [0.15, 0.2) is 12.8 Å². The average Bonchev–Trinajstić information content (AvgIpc) is 2.85. The molecule has 0 rings (SSSR count). The van der Waals surface area contributed by atoms with E-state index >= 15 is 0 Å². The highest BCUT2D eigenvalue weighted by Crippen LogP contribution is 1.99. The molecule has 0 aliphatic carbocycles. The first-order chi connectivity index (χ1) is 17.8. The molecule has 0 fully saturated rings. The van der Waals surface area contributed by atoms with Gasteiger partial charge in [0.25, 0.3) is 0 Å². The minimum Gasteiger partial charge on any atom is -0.359 e. The average molecular weight is 611 g/mol. The summed E-state index contributed by atoms with van der Waals surface area (Å²) in [6.07, 6.45) is 3.70. The largest absolute Gasteiger partial charge is 0.359 e. The highest BCUT2D eigenvalue weighted by Gasteiger charge is 2.14. The van der Waals surface area contributed by atoms with Crippen LogP contribution in [0.5, 0.6) is 0 Å². The van der Waals surface area contributed by atoms with Crippen molar-refractivity contribution in [3.8, 4) is 0 Å². The fourth-order valence-corrected chi connectivity index (χ4v) is 2.83. The van der Waals surface area contributed by atoms with E-state index in [2.05, 4.69) is 33.2 Å². The number of amides is 3. The van der Waals surface area contributed by atoms with E-state index in [1.807, 2.05) is 5.43 Å². The second-order valence-corrected chi connectivity index (χ2v) is 7.91. The molecule has 42 heavy (non-hydrogen) atoms. The first-order valence-corrected chi connectivity index (χ1v) is 11.8. The number of carbonyl (C=O) groups is 6. The number of rotatable bonds is 16. The van der Waals surface area contributed by atoms with Gasteiger partial charge in [-0.25, -0.2) is 5.84 Å². The Hall–Kier alpha value is -3.00. The lowest BCUT2D eigenvalue weighted by Crippen LogP contribution is -2.35. The predicted octanol–water partition coefficient (Wildman–Crippen LogP) is 2.01. The van der Waals surface area contributed by atoms with E-state index in [-0.39, 0.29) is 110 Å². The highest BCUT2D eigenvalue weighted by molar-refractivity contribution is 5.84. The fraction of sp³-hybridized carbons (Fsp3) is 0.724. The predicted molar refractivity (Wildman–Crippen MR) is 177 cm³/mol. The third-order valence-corrected chi connectivity index (χ3v) is 5.12. The minimum atomic E-state index is -0.253. The number of hydrogen-bond donors (Lipinski definition) is 7. The zero-order valence-corrected chi connectivity index (χ0v) is 23.0. The van der Waals surface area contributed by atoms with Gasteiger partial charge >= 0.3 is 0 Å². The van der Waals surface area contributed by atoms with Crippen LogP contribution < -0.4 is 37.9 Å². The van der Waals surface area contributed by atoms with Crippen molar-refractivity contribution < 1.29 is 30.1 Å². The maximum Gasteiger partial charge on any atom is 0.233 e. The molecular weight excluding hydrogens is 542 g/mol. The molecule has 8 N–H and O–H groups in total. The number of Topliss-reactive ketones (excluding diaryl/α,β-unsaturated/α-hetero) is 3. The van der Waals surface area contributed by atoms with Crippen molar-refractivity contribution in [2.24, 2.45) is 5.84 Å². The van der Waals surface area contributed by atoms with E-state index in [4.69, 9.17) is 7.21 Å². The quantitative estimate of drug-likeness (QED) is 0.0770. The number of ketones is 3. The molecule has 3 amide bonds. The topological polar surface area (TPSA) is 201 Å². The lowest BCUT2D eigenvalue weighted by molar-refractivity contribution is -0.123. The summed E-state index contributed by atoms with van der Waals surface area (Å²) in [4.78, 5) is 65.3. The Labute approximate surface area is 258 Å². The van der Waals surface area contributed by atoms with Crippen molar-refractivity contribution in [1.29, 1.82) is 0 Å². The van der Waals surface area contributed by atoms with Gasteiger partial charge in [-0.1, -0.05) is 43.7 Å². The molecule has 0 bridgehead atoms. The number of nitrogens with one attached hydrogen (secondary N) is 6. The van der Waals surface area contributed by atoms with Crippen molar-refractivity contribution in [3.63, 3.8) is 0 Å². The van der Waals surface area contributed by atoms with Gasteiger partial charge in [0.05, 0.1) is 18.1 Å². The van der Waals surface area contributed by atoms with Crippen LogP contribution in [0.3, 0.4) is 0 Å². The lowest BCUT2D eigenvalue weighted by Gasteiger charge is -2.11. The number of hydrogen-bond acceptors (Lipinski definition) is 10. The van der Waals surface area contributed by atoms with Gasteiger partial charge in [0, 0.05) is 27.7 Å². The summed E-state index contributed by atoms with van der Waals surface area (Å²) >= 11 is 0. The van der Waals surface area contributed by atoms with Crippen LogP contribution in [0, 0.1) is 0 Å². The standard InChI is InChI=1S/C9H16N2O2.C8H16N2O2.C7H15N3O2.5CH4/c1-4-11-9(13)6-5-8(10-3)7(2)12;1-6(11)7(9-2)4-5-8(12)10-3;1-5(11)6(9-2)3-4-7(12)10-8;;;;;/h4,8,10H,1,5-6H2,2-3H3,(H,11,13);7,9H,4-5H2,1-3H3,(H,10,12);6,9H,3-4,8H2,1-2H3,(H,10,12);5*1H4/i;3D;;;;;;. The molecule has 0 aromatic heterocycles. The van der Waals surface area contributed by atoms with Crippen molar-refractivity contribution in [2.45, 2.75) is 115 Å². The van der Waals surface area contributed by atoms with E-state index in [0.717, 1.165) is 0 Å². The van der Waals surface area contributed by atoms with Gasteiger partial charge in [-0.05, 0) is 67.4 Å². The SMILES string of the molecule is C.C.C.C.C.C=CNC(=O)CCC(NC)C(C)=O.CNC(CCC(=O)NN)C(C)=O.[2H]CNC(=O)CCC(NC)C(C)=O. The summed E-state index contributed by atoms with van der Waals surface area (Å²) in [5, 5.41) is 13.3. The van der Waals surface area contributed by atoms with Gasteiger partial charge in [-0.2, -0.15) is 0 Å². The molecule has 0 aliphatic heterocycles. The Bertz CT molecular complexity index is 755. The number of carbonyl (C=O) groups excluding carboxylic acids is 6. The van der Waals surface area contributed by atoms with Gasteiger partial charge < -0.3 is 26.6 Å². The smallest absolute Gasteiger partial charge is 0.233 e. The molecule has 3 unspecified atom stereocenters. The van der Waals surface area contributed by atoms with Gasteiger partial charge in [0.15, 0.2) is 0 Å². The fourth-order valence-electron chi connectivity index (χ4n) is 2.83. The van der Waals surface area contributed by atoms with E-state index in [0.29, 0.717) is 25.7 Å². The summed E-state index contributed by atoms with van der Waals surface area (Å²) in [5.74, 6) is 4.43. The van der Waals surface area contributed by atoms with Crippen LogP contribution in [0.25, 0.3) is 0 Å². The molecule has 0 saturated carbocycles. The second-order valence-electron chi connectivity index (χ2n) is 7.91. The van der Waals surface area contributed by atoms with E-state index in [9.17, 15) is 28.8 Å². The summed E-state index contributed by atoms with van der Waals surface area (Å²) in [6.45, 7) is 7.85. The maximum atomic E-state index is 11.0. The molecule has 0 aromatic carbocycles. The monoisotopic (exact) mass is 611 g/mol. The molecule has 0 aliphatic rings. The Morgan fingerprint density at radius 2 is 0.976 bits per heavy atom. The molecule has 0 radical (unpaired) electrons. The molecule has 0 spiro atoms. The van der Waals surface area contributed by atoms with Crippen LogP contribution in [-0.4, -0.2) is 81.4 Å². The van der Waals surface area contributed by atoms with Gasteiger partial charge in [0.1, 0.15) is 17.3 Å². The summed E-state index contributed by atoms with van der Waals surface area (Å²) in [5.41, 5.74) is 2.01. The van der Waals surface area contributed by atoms with Crippen LogP contribution in [0.2, 0.25) is 0 Å². The van der Waals surface area contributed by atoms with Crippen molar-refractivity contribution >= 4 is 35.1 Å². The third kappa shape index (κ3) is 35.0. The van der Waals surface area contributed by atoms with E-state index in [1.54, 1.807) is 21.1 Å². The molecule has 254 valence electrons. The Morgan fingerprint density at radius 3 is 1.21 bits per heavy atom. The van der Waals surface area contributed by atoms with E-state index in [1.165, 1.54) is 27.0 Å². The normalized spacial score (nSPS) is 11.0. The molecule has 0 aromatic rings. The Morgan fingerprint density at radius 1 is 0.667 bits per heavy atom. The van der Waals surface area contributed by atoms with Crippen LogP contribution in [-0.2, 0) is 28.8 Å². The van der Waals surface area contributed by atoms with Crippen molar-refractivity contribution in [3.05, 3.63) is 12.8 Å². The molecule has 3 atom stereocenters. The molecule has 13 heteroatoms. The number of hydrazine groups is 1. The first kappa shape index (κ1) is 55.0.